The lowest BCUT2D eigenvalue weighted by atomic mass is 10.1. The molecule has 27 heavy (non-hydrogen) atoms. The average molecular weight is 432 g/mol. The first-order valence-electron chi connectivity index (χ1n) is 8.63. The van der Waals surface area contributed by atoms with Crippen molar-refractivity contribution in [2.24, 2.45) is 0 Å². The largest absolute Gasteiger partial charge is 0.453 e. The molecule has 0 heterocycles. The molecule has 6 heteroatoms. The normalized spacial score (nSPS) is 11.6. The summed E-state index contributed by atoms with van der Waals surface area (Å²) in [5.41, 5.74) is 3.12. The van der Waals surface area contributed by atoms with Crippen LogP contribution in [0.3, 0.4) is 0 Å². The van der Waals surface area contributed by atoms with Crippen molar-refractivity contribution in [2.45, 2.75) is 39.7 Å². The number of ether oxygens (including phenoxy) is 1. The summed E-state index contributed by atoms with van der Waals surface area (Å²) in [4.78, 5) is 36.4. The first-order chi connectivity index (χ1) is 12.8. The Hall–Kier alpha value is -2.47. The van der Waals surface area contributed by atoms with E-state index in [0.29, 0.717) is 5.56 Å². The van der Waals surface area contributed by atoms with Crippen LogP contribution < -0.4 is 5.32 Å². The first-order valence-corrected chi connectivity index (χ1v) is 9.42. The summed E-state index contributed by atoms with van der Waals surface area (Å²) in [7, 11) is 0. The molecule has 0 aliphatic carbocycles. The number of rotatable bonds is 7. The summed E-state index contributed by atoms with van der Waals surface area (Å²) in [6, 6.07) is 12.6. The maximum Gasteiger partial charge on any atom is 0.307 e. The van der Waals surface area contributed by atoms with Gasteiger partial charge in [0.1, 0.15) is 0 Å². The minimum atomic E-state index is -0.945. The number of aryl methyl sites for hydroxylation is 2. The Balaban J connectivity index is 1.85. The van der Waals surface area contributed by atoms with Gasteiger partial charge >= 0.3 is 5.97 Å². The van der Waals surface area contributed by atoms with Gasteiger partial charge in [0.25, 0.3) is 5.91 Å². The fraction of sp³-hybridized carbons (Fsp3) is 0.286. The Kier molecular flexibility index (Phi) is 7.30. The number of benzene rings is 2. The predicted molar refractivity (Wildman–Crippen MR) is 108 cm³/mol. The van der Waals surface area contributed by atoms with Gasteiger partial charge in [-0.1, -0.05) is 46.3 Å². The van der Waals surface area contributed by atoms with E-state index in [4.69, 9.17) is 4.74 Å². The fourth-order valence-corrected chi connectivity index (χ4v) is 2.81. The number of anilines is 1. The Morgan fingerprint density at radius 2 is 1.59 bits per heavy atom. The van der Waals surface area contributed by atoms with Crippen molar-refractivity contribution in [1.29, 1.82) is 0 Å². The molecule has 0 aromatic heterocycles. The highest BCUT2D eigenvalue weighted by Crippen LogP contribution is 2.20. The zero-order valence-corrected chi connectivity index (χ0v) is 17.1. The highest BCUT2D eigenvalue weighted by atomic mass is 79.9. The number of para-hydroxylation sites is 1. The molecule has 0 aliphatic heterocycles. The van der Waals surface area contributed by atoms with Gasteiger partial charge in [0.15, 0.2) is 11.9 Å². The van der Waals surface area contributed by atoms with Gasteiger partial charge in [0, 0.05) is 22.1 Å². The van der Waals surface area contributed by atoms with Crippen molar-refractivity contribution in [3.8, 4) is 0 Å². The van der Waals surface area contributed by atoms with Gasteiger partial charge in [-0.05, 0) is 44.0 Å². The van der Waals surface area contributed by atoms with Crippen LogP contribution >= 0.6 is 15.9 Å². The SMILES string of the molecule is Cc1cccc(C)c1NC(=O)C(C)OC(=O)CCC(=O)c1ccc(Br)cc1. The molecule has 1 amide bonds. The Morgan fingerprint density at radius 3 is 2.19 bits per heavy atom. The summed E-state index contributed by atoms with van der Waals surface area (Å²) >= 11 is 3.31. The molecule has 0 saturated heterocycles. The summed E-state index contributed by atoms with van der Waals surface area (Å²) in [6.45, 7) is 5.30. The van der Waals surface area contributed by atoms with Crippen LogP contribution in [0.5, 0.6) is 0 Å². The number of Topliss-reactive ketones (excluding diaryl/α,β-unsaturated/α-hetero) is 1. The van der Waals surface area contributed by atoms with Gasteiger partial charge in [0.05, 0.1) is 6.42 Å². The molecule has 1 atom stereocenters. The average Bonchev–Trinajstić information content (AvgIpc) is 2.63. The standard InChI is InChI=1S/C21H22BrNO4/c1-13-5-4-6-14(2)20(13)23-21(26)15(3)27-19(25)12-11-18(24)16-7-9-17(22)10-8-16/h4-10,15H,11-12H2,1-3H3,(H,23,26). The van der Waals surface area contributed by atoms with Crippen molar-refractivity contribution in [2.75, 3.05) is 5.32 Å². The summed E-state index contributed by atoms with van der Waals surface area (Å²) in [6.07, 6.45) is -0.985. The van der Waals surface area contributed by atoms with Gasteiger partial charge in [-0.2, -0.15) is 0 Å². The maximum absolute atomic E-state index is 12.3. The van der Waals surface area contributed by atoms with Gasteiger partial charge in [-0.15, -0.1) is 0 Å². The third kappa shape index (κ3) is 6.03. The van der Waals surface area contributed by atoms with Crippen LogP contribution in [-0.4, -0.2) is 23.8 Å². The van der Waals surface area contributed by atoms with Gasteiger partial charge < -0.3 is 10.1 Å². The van der Waals surface area contributed by atoms with Gasteiger partial charge in [0.2, 0.25) is 0 Å². The number of amides is 1. The molecule has 0 spiro atoms. The molecular formula is C21H22BrNO4. The molecule has 142 valence electrons. The highest BCUT2D eigenvalue weighted by molar-refractivity contribution is 9.10. The van der Waals surface area contributed by atoms with Crippen LogP contribution in [0.1, 0.15) is 41.3 Å². The molecule has 1 unspecified atom stereocenters. The summed E-state index contributed by atoms with van der Waals surface area (Å²) in [5.74, 6) is -1.13. The van der Waals surface area contributed by atoms with E-state index in [1.165, 1.54) is 6.92 Å². The Morgan fingerprint density at radius 1 is 1.00 bits per heavy atom. The van der Waals surface area contributed by atoms with Crippen molar-refractivity contribution >= 4 is 39.3 Å². The lowest BCUT2D eigenvalue weighted by Crippen LogP contribution is -2.30. The molecule has 0 bridgehead atoms. The smallest absolute Gasteiger partial charge is 0.307 e. The number of nitrogens with one attached hydrogen (secondary N) is 1. The zero-order valence-electron chi connectivity index (χ0n) is 15.5. The second kappa shape index (κ2) is 9.46. The van der Waals surface area contributed by atoms with Crippen LogP contribution in [0.2, 0.25) is 0 Å². The molecule has 0 radical (unpaired) electrons. The van der Waals surface area contributed by atoms with E-state index in [1.807, 2.05) is 32.0 Å². The number of ketones is 1. The molecule has 2 aromatic carbocycles. The quantitative estimate of drug-likeness (QED) is 0.513. The summed E-state index contributed by atoms with van der Waals surface area (Å²) in [5, 5.41) is 2.79. The van der Waals surface area contributed by atoms with Crippen LogP contribution in [0, 0.1) is 13.8 Å². The highest BCUT2D eigenvalue weighted by Gasteiger charge is 2.20. The maximum atomic E-state index is 12.3. The number of carbonyl (C=O) groups excluding carboxylic acids is 3. The van der Waals surface area contributed by atoms with Crippen LogP contribution in [0.15, 0.2) is 46.9 Å². The monoisotopic (exact) mass is 431 g/mol. The van der Waals surface area contributed by atoms with Crippen molar-refractivity contribution in [1.82, 2.24) is 0 Å². The zero-order chi connectivity index (χ0) is 20.0. The molecule has 5 nitrogen and oxygen atoms in total. The molecule has 2 aromatic rings. The number of esters is 1. The topological polar surface area (TPSA) is 72.5 Å². The van der Waals surface area contributed by atoms with Crippen molar-refractivity contribution in [3.05, 3.63) is 63.6 Å². The molecule has 1 N–H and O–H groups in total. The van der Waals surface area contributed by atoms with Crippen LogP contribution in [0.25, 0.3) is 0 Å². The van der Waals surface area contributed by atoms with E-state index >= 15 is 0 Å². The van der Waals surface area contributed by atoms with Crippen molar-refractivity contribution < 1.29 is 19.1 Å². The second-order valence-corrected chi connectivity index (χ2v) is 7.23. The third-order valence-corrected chi connectivity index (χ3v) is 4.66. The lowest BCUT2D eigenvalue weighted by Gasteiger charge is -2.16. The van der Waals surface area contributed by atoms with E-state index in [0.717, 1.165) is 21.3 Å². The number of carbonyl (C=O) groups is 3. The lowest BCUT2D eigenvalue weighted by molar-refractivity contribution is -0.153. The molecule has 0 fully saturated rings. The number of hydrogen-bond donors (Lipinski definition) is 1. The minimum absolute atomic E-state index is 0.0334. The van der Waals surface area contributed by atoms with Gasteiger partial charge in [-0.3, -0.25) is 14.4 Å². The third-order valence-electron chi connectivity index (χ3n) is 4.13. The Labute approximate surface area is 167 Å². The molecule has 0 saturated carbocycles. The van der Waals surface area contributed by atoms with E-state index < -0.39 is 18.0 Å². The predicted octanol–water partition coefficient (Wildman–Crippen LogP) is 4.60. The van der Waals surface area contributed by atoms with E-state index in [-0.39, 0.29) is 18.6 Å². The summed E-state index contributed by atoms with van der Waals surface area (Å²) < 4.78 is 6.04. The van der Waals surface area contributed by atoms with Crippen LogP contribution in [-0.2, 0) is 14.3 Å². The van der Waals surface area contributed by atoms with E-state index in [2.05, 4.69) is 21.2 Å². The minimum Gasteiger partial charge on any atom is -0.453 e. The Bertz CT molecular complexity index is 826. The first kappa shape index (κ1) is 20.8. The van der Waals surface area contributed by atoms with E-state index in [1.54, 1.807) is 24.3 Å². The number of hydrogen-bond acceptors (Lipinski definition) is 4. The number of halogens is 1. The van der Waals surface area contributed by atoms with E-state index in [9.17, 15) is 14.4 Å². The second-order valence-electron chi connectivity index (χ2n) is 6.32. The molecule has 2 rings (SSSR count). The van der Waals surface area contributed by atoms with Gasteiger partial charge in [-0.25, -0.2) is 0 Å². The fourth-order valence-electron chi connectivity index (χ4n) is 2.54. The van der Waals surface area contributed by atoms with Crippen LogP contribution in [0.4, 0.5) is 5.69 Å². The van der Waals surface area contributed by atoms with Crippen molar-refractivity contribution in [3.63, 3.8) is 0 Å². The molecular weight excluding hydrogens is 410 g/mol. The molecule has 0 aliphatic rings.